The minimum Gasteiger partial charge on any atom is -0.298 e. The highest BCUT2D eigenvalue weighted by Crippen LogP contribution is 2.28. The summed E-state index contributed by atoms with van der Waals surface area (Å²) in [7, 11) is -3.65. The number of nitrogens with zero attached hydrogens (tertiary/aromatic N) is 2. The minimum absolute atomic E-state index is 0.00884. The molecule has 6 nitrogen and oxygen atoms in total. The van der Waals surface area contributed by atoms with Gasteiger partial charge in [0.2, 0.25) is 10.0 Å². The van der Waals surface area contributed by atoms with E-state index in [-0.39, 0.29) is 26.8 Å². The van der Waals surface area contributed by atoms with Crippen LogP contribution in [-0.2, 0) is 10.0 Å². The van der Waals surface area contributed by atoms with Gasteiger partial charge in [-0.15, -0.1) is 11.3 Å². The van der Waals surface area contributed by atoms with Gasteiger partial charge in [0.1, 0.15) is 11.6 Å². The number of halogens is 2. The molecule has 1 amide bonds. The number of hydrogen-bond acceptors (Lipinski definition) is 5. The van der Waals surface area contributed by atoms with E-state index in [1.54, 1.807) is 0 Å². The fourth-order valence-electron chi connectivity index (χ4n) is 3.19. The normalized spacial score (nSPS) is 14.7. The lowest BCUT2D eigenvalue weighted by Crippen LogP contribution is -2.28. The molecule has 2 heterocycles. The molecule has 0 bridgehead atoms. The van der Waals surface area contributed by atoms with Crippen LogP contribution in [0.3, 0.4) is 0 Å². The van der Waals surface area contributed by atoms with E-state index in [9.17, 15) is 22.0 Å². The molecule has 0 spiro atoms. The molecule has 1 saturated heterocycles. The summed E-state index contributed by atoms with van der Waals surface area (Å²) in [5.41, 5.74) is 0.340. The van der Waals surface area contributed by atoms with Gasteiger partial charge < -0.3 is 0 Å². The summed E-state index contributed by atoms with van der Waals surface area (Å²) in [4.78, 5) is 16.8. The summed E-state index contributed by atoms with van der Waals surface area (Å²) in [5.74, 6) is -1.77. The predicted octanol–water partition coefficient (Wildman–Crippen LogP) is 4.13. The maximum Gasteiger partial charge on any atom is 0.257 e. The first-order chi connectivity index (χ1) is 14.3. The van der Waals surface area contributed by atoms with Crippen LogP contribution in [0.15, 0.2) is 52.7 Å². The molecule has 1 aliphatic heterocycles. The molecule has 1 aromatic heterocycles. The number of carbonyl (C=O) groups excluding carboxylic acids is 1. The SMILES string of the molecule is O=C(Nc1nc(-c2cc(F)ccc2F)cs1)c1cccc(S(=O)(=O)N2CCCC2)c1. The molecule has 0 saturated carbocycles. The quantitative estimate of drug-likeness (QED) is 0.635. The molecule has 1 N–H and O–H groups in total. The second-order valence-electron chi connectivity index (χ2n) is 6.76. The third-order valence-corrected chi connectivity index (χ3v) is 7.38. The Morgan fingerprint density at radius 3 is 2.63 bits per heavy atom. The van der Waals surface area contributed by atoms with Gasteiger partial charge in [0, 0.05) is 29.6 Å². The van der Waals surface area contributed by atoms with Gasteiger partial charge in [0.15, 0.2) is 5.13 Å². The van der Waals surface area contributed by atoms with Crippen LogP contribution >= 0.6 is 11.3 Å². The minimum atomic E-state index is -3.65. The molecule has 30 heavy (non-hydrogen) atoms. The highest BCUT2D eigenvalue weighted by Gasteiger charge is 2.27. The summed E-state index contributed by atoms with van der Waals surface area (Å²) in [6, 6.07) is 8.84. The lowest BCUT2D eigenvalue weighted by molar-refractivity contribution is 0.102. The summed E-state index contributed by atoms with van der Waals surface area (Å²) in [6.07, 6.45) is 1.63. The van der Waals surface area contributed by atoms with Gasteiger partial charge in [-0.1, -0.05) is 6.07 Å². The number of benzene rings is 2. The van der Waals surface area contributed by atoms with Crippen LogP contribution in [0.25, 0.3) is 11.3 Å². The third kappa shape index (κ3) is 4.11. The van der Waals surface area contributed by atoms with Crippen molar-refractivity contribution in [3.63, 3.8) is 0 Å². The Kier molecular flexibility index (Phi) is 5.63. The van der Waals surface area contributed by atoms with E-state index in [2.05, 4.69) is 10.3 Å². The van der Waals surface area contributed by atoms with Crippen molar-refractivity contribution in [3.8, 4) is 11.3 Å². The Bertz CT molecular complexity index is 1210. The number of thiazole rings is 1. The molecule has 0 unspecified atom stereocenters. The van der Waals surface area contributed by atoms with Crippen LogP contribution in [0, 0.1) is 11.6 Å². The van der Waals surface area contributed by atoms with Crippen LogP contribution in [0.4, 0.5) is 13.9 Å². The van der Waals surface area contributed by atoms with Crippen molar-refractivity contribution in [2.45, 2.75) is 17.7 Å². The largest absolute Gasteiger partial charge is 0.298 e. The molecular weight excluding hydrogens is 432 g/mol. The highest BCUT2D eigenvalue weighted by atomic mass is 32.2. The van der Waals surface area contributed by atoms with Gasteiger partial charge in [-0.3, -0.25) is 10.1 Å². The third-order valence-electron chi connectivity index (χ3n) is 4.73. The van der Waals surface area contributed by atoms with Crippen molar-refractivity contribution in [2.75, 3.05) is 18.4 Å². The molecular formula is C20H17F2N3O3S2. The molecule has 1 aliphatic rings. The molecule has 4 rings (SSSR count). The average molecular weight is 450 g/mol. The number of carbonyl (C=O) groups is 1. The molecule has 0 atom stereocenters. The molecule has 1 fully saturated rings. The van der Waals surface area contributed by atoms with Crippen molar-refractivity contribution in [3.05, 3.63) is 65.0 Å². The molecule has 0 aliphatic carbocycles. The molecule has 156 valence electrons. The fraction of sp³-hybridized carbons (Fsp3) is 0.200. The summed E-state index contributed by atoms with van der Waals surface area (Å²) in [5, 5.41) is 4.26. The van der Waals surface area contributed by atoms with Gasteiger partial charge in [-0.05, 0) is 49.2 Å². The number of rotatable bonds is 5. The highest BCUT2D eigenvalue weighted by molar-refractivity contribution is 7.89. The second kappa shape index (κ2) is 8.21. The van der Waals surface area contributed by atoms with Crippen LogP contribution in [0.1, 0.15) is 23.2 Å². The molecule has 0 radical (unpaired) electrons. The van der Waals surface area contributed by atoms with Gasteiger partial charge in [-0.25, -0.2) is 22.2 Å². The van der Waals surface area contributed by atoms with Crippen molar-refractivity contribution in [1.82, 2.24) is 9.29 Å². The number of amides is 1. The van der Waals surface area contributed by atoms with Crippen LogP contribution < -0.4 is 5.32 Å². The van der Waals surface area contributed by atoms with Crippen LogP contribution in [-0.4, -0.2) is 36.7 Å². The first-order valence-electron chi connectivity index (χ1n) is 9.17. The molecule has 2 aromatic carbocycles. The molecule has 10 heteroatoms. The Morgan fingerprint density at radius 2 is 1.87 bits per heavy atom. The number of hydrogen-bond donors (Lipinski definition) is 1. The van der Waals surface area contributed by atoms with E-state index in [4.69, 9.17) is 0 Å². The summed E-state index contributed by atoms with van der Waals surface area (Å²) >= 11 is 1.05. The van der Waals surface area contributed by atoms with Gasteiger partial charge in [0.25, 0.3) is 5.91 Å². The topological polar surface area (TPSA) is 79.4 Å². The average Bonchev–Trinajstić information content (AvgIpc) is 3.42. The zero-order chi connectivity index (χ0) is 21.3. The smallest absolute Gasteiger partial charge is 0.257 e. The van der Waals surface area contributed by atoms with Crippen LogP contribution in [0.5, 0.6) is 0 Å². The number of sulfonamides is 1. The predicted molar refractivity (Wildman–Crippen MR) is 110 cm³/mol. The lowest BCUT2D eigenvalue weighted by atomic mass is 10.1. The van der Waals surface area contributed by atoms with Gasteiger partial charge >= 0.3 is 0 Å². The number of anilines is 1. The van der Waals surface area contributed by atoms with E-state index in [0.717, 1.165) is 42.4 Å². The molecule has 3 aromatic rings. The van der Waals surface area contributed by atoms with Gasteiger partial charge in [-0.2, -0.15) is 4.31 Å². The van der Waals surface area contributed by atoms with Crippen LogP contribution in [0.2, 0.25) is 0 Å². The summed E-state index contributed by atoms with van der Waals surface area (Å²) in [6.45, 7) is 0.939. The summed E-state index contributed by atoms with van der Waals surface area (Å²) < 4.78 is 54.1. The van der Waals surface area contributed by atoms with E-state index < -0.39 is 27.6 Å². The van der Waals surface area contributed by atoms with Crippen molar-refractivity contribution in [1.29, 1.82) is 0 Å². The monoisotopic (exact) mass is 449 g/mol. The van der Waals surface area contributed by atoms with Crippen molar-refractivity contribution in [2.24, 2.45) is 0 Å². The Labute approximate surface area is 176 Å². The number of nitrogens with one attached hydrogen (secondary N) is 1. The van der Waals surface area contributed by atoms with E-state index in [1.807, 2.05) is 0 Å². The van der Waals surface area contributed by atoms with Gasteiger partial charge in [0.05, 0.1) is 10.6 Å². The number of aromatic nitrogens is 1. The maximum atomic E-state index is 13.9. The van der Waals surface area contributed by atoms with E-state index in [0.29, 0.717) is 13.1 Å². The lowest BCUT2D eigenvalue weighted by Gasteiger charge is -2.15. The standard InChI is InChI=1S/C20H17F2N3O3S2/c21-14-6-7-17(22)16(11-14)18-12-29-20(23-18)24-19(26)13-4-3-5-15(10-13)30(27,28)25-8-1-2-9-25/h3-7,10-12H,1-2,8-9H2,(H,23,24,26). The first kappa shape index (κ1) is 20.6. The van der Waals surface area contributed by atoms with E-state index >= 15 is 0 Å². The second-order valence-corrected chi connectivity index (χ2v) is 9.55. The maximum absolute atomic E-state index is 13.9. The zero-order valence-corrected chi connectivity index (χ0v) is 17.3. The Hall–Kier alpha value is -2.69. The fourth-order valence-corrected chi connectivity index (χ4v) is 5.46. The van der Waals surface area contributed by atoms with Crippen molar-refractivity contribution >= 4 is 32.4 Å². The van der Waals surface area contributed by atoms with Crippen molar-refractivity contribution < 1.29 is 22.0 Å². The van der Waals surface area contributed by atoms with E-state index in [1.165, 1.54) is 34.0 Å². The Morgan fingerprint density at radius 1 is 1.10 bits per heavy atom. The zero-order valence-electron chi connectivity index (χ0n) is 15.6. The Balaban J connectivity index is 1.54. The first-order valence-corrected chi connectivity index (χ1v) is 11.5.